The third-order valence-electron chi connectivity index (χ3n) is 3.94. The maximum atomic E-state index is 7.32. The molecule has 0 fully saturated rings. The van der Waals surface area contributed by atoms with Gasteiger partial charge in [0, 0.05) is 6.92 Å². The van der Waals surface area contributed by atoms with Gasteiger partial charge in [-0.15, -0.1) is 0 Å². The molecular formula is C18H39FN2. The molecule has 0 unspecified atom stereocenters. The van der Waals surface area contributed by atoms with Crippen LogP contribution in [0.1, 0.15) is 86.0 Å². The second kappa shape index (κ2) is 19.4. The van der Waals surface area contributed by atoms with E-state index in [0.29, 0.717) is 0 Å². The van der Waals surface area contributed by atoms with Gasteiger partial charge in [0.2, 0.25) is 0 Å². The van der Waals surface area contributed by atoms with E-state index in [2.05, 4.69) is 27.7 Å². The zero-order valence-corrected chi connectivity index (χ0v) is 15.3. The summed E-state index contributed by atoms with van der Waals surface area (Å²) in [4.78, 5) is 0. The third-order valence-corrected chi connectivity index (χ3v) is 3.94. The number of nitrogens with zero attached hydrogens (tertiary/aromatic N) is 2. The van der Waals surface area contributed by atoms with E-state index in [9.17, 15) is 0 Å². The van der Waals surface area contributed by atoms with E-state index in [1.807, 2.05) is 0 Å². The van der Waals surface area contributed by atoms with Crippen molar-refractivity contribution in [2.45, 2.75) is 86.0 Å². The molecule has 0 aromatic rings. The Balaban J connectivity index is -0.000000740. The summed E-state index contributed by atoms with van der Waals surface area (Å²) in [5, 5.41) is 7.32. The Morgan fingerprint density at radius 1 is 0.667 bits per heavy atom. The highest BCUT2D eigenvalue weighted by Crippen LogP contribution is 2.16. The van der Waals surface area contributed by atoms with Gasteiger partial charge in [0.1, 0.15) is 0 Å². The number of unbranched alkanes of at least 4 members (excludes halogenated alkanes) is 4. The van der Waals surface area contributed by atoms with Gasteiger partial charge in [0.05, 0.1) is 32.2 Å². The quantitative estimate of drug-likeness (QED) is 0.508. The summed E-state index contributed by atoms with van der Waals surface area (Å²) >= 11 is 0. The molecule has 0 aliphatic rings. The Kier molecular flexibility index (Phi) is 23.4. The van der Waals surface area contributed by atoms with Crippen molar-refractivity contribution in [3.05, 3.63) is 0 Å². The van der Waals surface area contributed by atoms with Gasteiger partial charge in [-0.1, -0.05) is 53.4 Å². The molecule has 128 valence electrons. The Hall–Kier alpha value is -0.620. The predicted octanol–water partition coefficient (Wildman–Crippen LogP) is 2.54. The van der Waals surface area contributed by atoms with Crippen molar-refractivity contribution >= 4 is 0 Å². The SMILES string of the molecule is CC#N.CCCC[N+](CCCC)(CCCC)CCCC.[F-]. The smallest absolute Gasteiger partial charge is 0.0786 e. The fourth-order valence-corrected chi connectivity index (χ4v) is 2.64. The second-order valence-corrected chi connectivity index (χ2v) is 5.87. The van der Waals surface area contributed by atoms with Crippen molar-refractivity contribution in [2.75, 3.05) is 26.2 Å². The molecule has 3 heteroatoms. The number of nitriles is 1. The van der Waals surface area contributed by atoms with Crippen molar-refractivity contribution < 1.29 is 9.19 Å². The molecule has 2 nitrogen and oxygen atoms in total. The van der Waals surface area contributed by atoms with Crippen LogP contribution in [0.5, 0.6) is 0 Å². The van der Waals surface area contributed by atoms with E-state index in [1.54, 1.807) is 6.07 Å². The van der Waals surface area contributed by atoms with Crippen LogP contribution >= 0.6 is 0 Å². The summed E-state index contributed by atoms with van der Waals surface area (Å²) < 4.78 is 1.42. The van der Waals surface area contributed by atoms with E-state index < -0.39 is 0 Å². The molecule has 0 spiro atoms. The zero-order chi connectivity index (χ0) is 15.7. The highest BCUT2D eigenvalue weighted by Gasteiger charge is 2.24. The van der Waals surface area contributed by atoms with Crippen LogP contribution in [0.4, 0.5) is 0 Å². The second-order valence-electron chi connectivity index (χ2n) is 5.87. The van der Waals surface area contributed by atoms with E-state index in [1.165, 1.54) is 89.0 Å². The van der Waals surface area contributed by atoms with Crippen molar-refractivity contribution in [1.82, 2.24) is 0 Å². The Morgan fingerprint density at radius 2 is 0.857 bits per heavy atom. The summed E-state index contributed by atoms with van der Waals surface area (Å²) in [6, 6.07) is 1.75. The lowest BCUT2D eigenvalue weighted by atomic mass is 10.1. The molecule has 0 aliphatic carbocycles. The molecule has 0 radical (unpaired) electrons. The first-order chi connectivity index (χ1) is 9.66. The Morgan fingerprint density at radius 3 is 1.00 bits per heavy atom. The summed E-state index contributed by atoms with van der Waals surface area (Å²) in [5.74, 6) is 0. The Labute approximate surface area is 133 Å². The topological polar surface area (TPSA) is 23.8 Å². The molecule has 0 saturated carbocycles. The van der Waals surface area contributed by atoms with Crippen LogP contribution in [0.2, 0.25) is 0 Å². The zero-order valence-electron chi connectivity index (χ0n) is 15.3. The van der Waals surface area contributed by atoms with Crippen LogP contribution < -0.4 is 4.70 Å². The third kappa shape index (κ3) is 15.6. The van der Waals surface area contributed by atoms with E-state index >= 15 is 0 Å². The number of halogens is 1. The number of hydrogen-bond acceptors (Lipinski definition) is 1. The molecule has 0 N–H and O–H groups in total. The fraction of sp³-hybridized carbons (Fsp3) is 0.944. The van der Waals surface area contributed by atoms with E-state index in [0.717, 1.165) is 0 Å². The summed E-state index contributed by atoms with van der Waals surface area (Å²) in [6.07, 6.45) is 11.1. The fourth-order valence-electron chi connectivity index (χ4n) is 2.64. The maximum absolute atomic E-state index is 7.32. The van der Waals surface area contributed by atoms with Gasteiger partial charge in [0.15, 0.2) is 0 Å². The monoisotopic (exact) mass is 302 g/mol. The van der Waals surface area contributed by atoms with Crippen LogP contribution in [-0.4, -0.2) is 30.7 Å². The molecule has 0 aromatic carbocycles. The van der Waals surface area contributed by atoms with Crippen LogP contribution in [0, 0.1) is 11.3 Å². The minimum absolute atomic E-state index is 0. The van der Waals surface area contributed by atoms with Crippen LogP contribution in [0.15, 0.2) is 0 Å². The van der Waals surface area contributed by atoms with Gasteiger partial charge >= 0.3 is 0 Å². The summed E-state index contributed by atoms with van der Waals surface area (Å²) in [5.41, 5.74) is 0. The van der Waals surface area contributed by atoms with Crippen molar-refractivity contribution in [1.29, 1.82) is 5.26 Å². The van der Waals surface area contributed by atoms with Crippen molar-refractivity contribution in [3.63, 3.8) is 0 Å². The van der Waals surface area contributed by atoms with Crippen LogP contribution in [0.25, 0.3) is 0 Å². The number of hydrogen-bond donors (Lipinski definition) is 0. The molecule has 0 atom stereocenters. The minimum Gasteiger partial charge on any atom is -1.00 e. The van der Waals surface area contributed by atoms with Gasteiger partial charge in [0.25, 0.3) is 0 Å². The first kappa shape index (κ1) is 25.3. The molecule has 0 aromatic heterocycles. The van der Waals surface area contributed by atoms with Gasteiger partial charge in [-0.2, -0.15) is 5.26 Å². The molecule has 21 heavy (non-hydrogen) atoms. The van der Waals surface area contributed by atoms with Gasteiger partial charge in [-0.3, -0.25) is 0 Å². The minimum atomic E-state index is 0. The normalized spacial score (nSPS) is 10.1. The highest BCUT2D eigenvalue weighted by molar-refractivity contribution is 4.51. The van der Waals surface area contributed by atoms with E-state index in [4.69, 9.17) is 5.26 Å². The first-order valence-electron chi connectivity index (χ1n) is 8.82. The van der Waals surface area contributed by atoms with Gasteiger partial charge in [-0.25, -0.2) is 0 Å². The van der Waals surface area contributed by atoms with Crippen LogP contribution in [-0.2, 0) is 0 Å². The standard InChI is InChI=1S/C16H36N.C2H3N.FH/c1-5-9-13-17(14-10-6-2,15-11-7-3)16-12-8-4;1-2-3;/h5-16H2,1-4H3;1H3;1H/q+1;;/p-1. The van der Waals surface area contributed by atoms with Crippen molar-refractivity contribution in [3.8, 4) is 6.07 Å². The first-order valence-corrected chi connectivity index (χ1v) is 8.82. The largest absolute Gasteiger partial charge is 1.00 e. The number of rotatable bonds is 12. The predicted molar refractivity (Wildman–Crippen MR) is 90.6 cm³/mol. The summed E-state index contributed by atoms with van der Waals surface area (Å²) in [6.45, 7) is 16.4. The molecule has 0 rings (SSSR count). The molecule has 0 aliphatic heterocycles. The average molecular weight is 303 g/mol. The molecule has 0 heterocycles. The highest BCUT2D eigenvalue weighted by atomic mass is 19.0. The van der Waals surface area contributed by atoms with Gasteiger partial charge in [-0.05, 0) is 25.7 Å². The molecule has 0 saturated heterocycles. The lowest BCUT2D eigenvalue weighted by Crippen LogP contribution is -3.00. The Bertz CT molecular complexity index is 186. The molecule has 0 bridgehead atoms. The van der Waals surface area contributed by atoms with Crippen molar-refractivity contribution in [2.24, 2.45) is 0 Å². The van der Waals surface area contributed by atoms with Gasteiger partial charge < -0.3 is 9.19 Å². The van der Waals surface area contributed by atoms with E-state index in [-0.39, 0.29) is 4.70 Å². The maximum Gasteiger partial charge on any atom is 0.0786 e. The lowest BCUT2D eigenvalue weighted by Gasteiger charge is -2.39. The summed E-state index contributed by atoms with van der Waals surface area (Å²) in [7, 11) is 0. The van der Waals surface area contributed by atoms with Crippen LogP contribution in [0.3, 0.4) is 0 Å². The average Bonchev–Trinajstić information content (AvgIpc) is 2.46. The lowest BCUT2D eigenvalue weighted by molar-refractivity contribution is -0.929. The number of quaternary nitrogens is 1. The molecular weight excluding hydrogens is 263 g/mol. The molecule has 0 amide bonds.